The molecule has 1 saturated heterocycles. The van der Waals surface area contributed by atoms with Crippen LogP contribution in [0, 0.1) is 0 Å². The second-order valence-corrected chi connectivity index (χ2v) is 13.7. The van der Waals surface area contributed by atoms with E-state index in [9.17, 15) is 19.5 Å². The van der Waals surface area contributed by atoms with E-state index in [4.69, 9.17) is 4.74 Å². The Bertz CT molecular complexity index is 1720. The van der Waals surface area contributed by atoms with Gasteiger partial charge in [-0.3, -0.25) is 24.3 Å². The van der Waals surface area contributed by atoms with E-state index in [1.54, 1.807) is 12.1 Å². The zero-order valence-electron chi connectivity index (χ0n) is 26.9. The zero-order chi connectivity index (χ0) is 32.2. The van der Waals surface area contributed by atoms with Crippen molar-refractivity contribution in [1.29, 1.82) is 0 Å². The van der Waals surface area contributed by atoms with Gasteiger partial charge in [0.15, 0.2) is 5.78 Å². The minimum atomic E-state index is -0.844. The fourth-order valence-electron chi connectivity index (χ4n) is 8.13. The number of anilines is 2. The lowest BCUT2D eigenvalue weighted by molar-refractivity contribution is -0.114. The molecule has 0 bridgehead atoms. The fourth-order valence-corrected chi connectivity index (χ4v) is 8.13. The number of aliphatic hydroxyl groups excluding tert-OH is 1. The first-order valence-corrected chi connectivity index (χ1v) is 17.0. The summed E-state index contributed by atoms with van der Waals surface area (Å²) >= 11 is 0. The van der Waals surface area contributed by atoms with Gasteiger partial charge in [0, 0.05) is 54.6 Å². The van der Waals surface area contributed by atoms with Crippen LogP contribution in [-0.4, -0.2) is 96.7 Å². The molecular weight excluding hydrogens is 594 g/mol. The number of allylic oxidation sites excluding steroid dienone is 4. The number of Topliss-reactive ketones (excluding diaryl/α,β-unsaturated/α-hetero) is 1. The molecule has 0 saturated carbocycles. The van der Waals surface area contributed by atoms with Gasteiger partial charge in [-0.2, -0.15) is 0 Å². The van der Waals surface area contributed by atoms with Crippen molar-refractivity contribution in [3.63, 3.8) is 0 Å². The zero-order valence-corrected chi connectivity index (χ0v) is 26.9. The Balaban J connectivity index is 0.973. The Morgan fingerprint density at radius 1 is 1.00 bits per heavy atom. The van der Waals surface area contributed by atoms with E-state index in [2.05, 4.69) is 33.2 Å². The molecule has 5 aliphatic heterocycles. The minimum absolute atomic E-state index is 0.0573. The third-order valence-electron chi connectivity index (χ3n) is 10.5. The fraction of sp³-hybridized carbons (Fsp3) is 0.459. The first-order valence-electron chi connectivity index (χ1n) is 17.0. The number of carbonyl (C=O) groups is 3. The molecule has 5 heterocycles. The number of piperidine rings is 1. The number of ether oxygens (including phenoxy) is 1. The van der Waals surface area contributed by atoms with Crippen LogP contribution >= 0.6 is 0 Å². The highest BCUT2D eigenvalue weighted by Crippen LogP contribution is 2.41. The predicted molar refractivity (Wildman–Crippen MR) is 180 cm³/mol. The molecule has 10 nitrogen and oxygen atoms in total. The molecule has 2 aromatic rings. The van der Waals surface area contributed by atoms with E-state index >= 15 is 0 Å². The van der Waals surface area contributed by atoms with Crippen molar-refractivity contribution in [3.05, 3.63) is 75.5 Å². The van der Waals surface area contributed by atoms with Crippen molar-refractivity contribution in [2.75, 3.05) is 56.6 Å². The Morgan fingerprint density at radius 2 is 1.77 bits per heavy atom. The summed E-state index contributed by atoms with van der Waals surface area (Å²) in [5.74, 6) is 0.315. The van der Waals surface area contributed by atoms with Crippen molar-refractivity contribution in [3.8, 4) is 5.75 Å². The maximum atomic E-state index is 13.4. The second-order valence-electron chi connectivity index (χ2n) is 13.7. The summed E-state index contributed by atoms with van der Waals surface area (Å²) < 4.78 is 6.16. The van der Waals surface area contributed by atoms with Crippen molar-refractivity contribution in [2.24, 2.45) is 4.99 Å². The van der Waals surface area contributed by atoms with Gasteiger partial charge in [-0.15, -0.1) is 0 Å². The lowest BCUT2D eigenvalue weighted by Gasteiger charge is -2.37. The smallest absolute Gasteiger partial charge is 0.261 e. The van der Waals surface area contributed by atoms with Crippen LogP contribution in [0.15, 0.2) is 52.7 Å². The summed E-state index contributed by atoms with van der Waals surface area (Å²) in [4.78, 5) is 50.9. The molecule has 244 valence electrons. The molecular formula is C37H41N5O5. The maximum Gasteiger partial charge on any atom is 0.261 e. The molecule has 2 amide bonds. The summed E-state index contributed by atoms with van der Waals surface area (Å²) in [5.41, 5.74) is 8.14. The number of rotatable bonds is 6. The molecule has 1 fully saturated rings. The first kappa shape index (κ1) is 30.1. The average Bonchev–Trinajstić information content (AvgIpc) is 3.60. The second kappa shape index (κ2) is 12.1. The van der Waals surface area contributed by atoms with Gasteiger partial charge in [-0.25, -0.2) is 0 Å². The van der Waals surface area contributed by atoms with Crippen LogP contribution in [0.4, 0.5) is 11.4 Å². The van der Waals surface area contributed by atoms with Gasteiger partial charge in [0.25, 0.3) is 11.8 Å². The Morgan fingerprint density at radius 3 is 2.57 bits per heavy atom. The maximum absolute atomic E-state index is 13.4. The molecule has 0 radical (unpaired) electrons. The molecule has 1 aliphatic carbocycles. The lowest BCUT2D eigenvalue weighted by atomic mass is 9.91. The van der Waals surface area contributed by atoms with Crippen LogP contribution in [0.1, 0.15) is 69.5 Å². The number of ketones is 1. The largest absolute Gasteiger partial charge is 0.490 e. The summed E-state index contributed by atoms with van der Waals surface area (Å²) in [6, 6.07) is 7.70. The van der Waals surface area contributed by atoms with Gasteiger partial charge in [-0.05, 0) is 94.1 Å². The molecule has 0 aromatic heterocycles. The topological polar surface area (TPSA) is 115 Å². The lowest BCUT2D eigenvalue weighted by Crippen LogP contribution is -2.46. The number of likely N-dealkylation sites (tertiary alicyclic amines) is 1. The number of aliphatic imine (C=N–C) groups is 1. The van der Waals surface area contributed by atoms with Crippen LogP contribution in [0.2, 0.25) is 0 Å². The van der Waals surface area contributed by atoms with Gasteiger partial charge in [0.2, 0.25) is 0 Å². The van der Waals surface area contributed by atoms with E-state index in [0.29, 0.717) is 34.5 Å². The van der Waals surface area contributed by atoms with Gasteiger partial charge in [0.1, 0.15) is 18.5 Å². The van der Waals surface area contributed by atoms with E-state index in [-0.39, 0.29) is 43.2 Å². The molecule has 2 N–H and O–H groups in total. The average molecular weight is 636 g/mol. The van der Waals surface area contributed by atoms with E-state index < -0.39 is 6.10 Å². The predicted octanol–water partition coefficient (Wildman–Crippen LogP) is 3.71. The normalized spacial score (nSPS) is 24.0. The number of carbonyl (C=O) groups excluding carboxylic acids is 3. The summed E-state index contributed by atoms with van der Waals surface area (Å²) in [7, 11) is 2.06. The number of aryl methyl sites for hydroxylation is 1. The number of hydrogen-bond acceptors (Lipinski definition) is 9. The molecule has 2 aromatic carbocycles. The number of nitrogens with one attached hydrogen (secondary N) is 1. The van der Waals surface area contributed by atoms with Crippen molar-refractivity contribution in [2.45, 2.75) is 63.5 Å². The first-order chi connectivity index (χ1) is 22.9. The van der Waals surface area contributed by atoms with Crippen LogP contribution in [0.5, 0.6) is 5.75 Å². The summed E-state index contributed by atoms with van der Waals surface area (Å²) in [5, 5.41) is 14.3. The third-order valence-corrected chi connectivity index (χ3v) is 10.5. The molecule has 6 aliphatic rings. The van der Waals surface area contributed by atoms with Crippen LogP contribution in [0.25, 0.3) is 0 Å². The Labute approximate surface area is 274 Å². The molecule has 0 spiro atoms. The molecule has 0 unspecified atom stereocenters. The Kier molecular flexibility index (Phi) is 7.72. The number of nitrogens with zero attached hydrogens (tertiary/aromatic N) is 4. The molecule has 47 heavy (non-hydrogen) atoms. The van der Waals surface area contributed by atoms with Gasteiger partial charge >= 0.3 is 0 Å². The Hall–Kier alpha value is -4.28. The van der Waals surface area contributed by atoms with Crippen molar-refractivity contribution < 1.29 is 24.2 Å². The molecule has 1 atom stereocenters. The summed E-state index contributed by atoms with van der Waals surface area (Å²) in [6.45, 7) is 4.09. The summed E-state index contributed by atoms with van der Waals surface area (Å²) in [6.07, 6.45) is 9.39. The van der Waals surface area contributed by atoms with Crippen LogP contribution < -0.4 is 15.0 Å². The highest BCUT2D eigenvalue weighted by Gasteiger charge is 2.42. The molecule has 8 rings (SSSR count). The minimum Gasteiger partial charge on any atom is -0.490 e. The van der Waals surface area contributed by atoms with E-state index in [0.717, 1.165) is 75.3 Å². The monoisotopic (exact) mass is 635 g/mol. The van der Waals surface area contributed by atoms with Crippen molar-refractivity contribution in [1.82, 2.24) is 9.80 Å². The number of hydrogen-bond donors (Lipinski definition) is 2. The van der Waals surface area contributed by atoms with Gasteiger partial charge in [-0.1, -0.05) is 12.1 Å². The van der Waals surface area contributed by atoms with E-state index in [1.807, 2.05) is 18.2 Å². The number of benzene rings is 2. The number of fused-ring (bicyclic) bond motifs is 2. The number of amides is 2. The van der Waals surface area contributed by atoms with Crippen LogP contribution in [-0.2, 0) is 24.1 Å². The SMILES string of the molecule is CN1CCC(N2C(=O)c3cc4c(cc3C2=O)NC(=C2C(=O)CC=CC2=NC[C@@H](O)COc2ccc3c5c2CCCN5CCC3)C4)CC1. The van der Waals surface area contributed by atoms with Crippen LogP contribution in [0.3, 0.4) is 0 Å². The number of aliphatic hydroxyl groups is 1. The third kappa shape index (κ3) is 5.37. The molecule has 10 heteroatoms. The highest BCUT2D eigenvalue weighted by atomic mass is 16.5. The number of imide groups is 1. The van der Waals surface area contributed by atoms with E-state index in [1.165, 1.54) is 28.1 Å². The highest BCUT2D eigenvalue weighted by molar-refractivity contribution is 6.29. The van der Waals surface area contributed by atoms with Crippen molar-refractivity contribution >= 4 is 34.7 Å². The van der Waals surface area contributed by atoms with Gasteiger partial charge < -0.3 is 25.0 Å². The van der Waals surface area contributed by atoms with Gasteiger partial charge in [0.05, 0.1) is 29.0 Å². The standard InChI is InChI=1S/C37H41N5O5/c1-40-15-11-24(12-16-40)42-36(45)27-17-23-18-31(39-30(23)19-28(27)37(42)46)34-29(7-2-8-32(34)44)38-20-25(43)21-47-33-10-9-22-5-3-13-41-14-4-6-26(33)35(22)41/h2,7,9-10,17,19,24-25,39,43H,3-6,8,11-16,18,20-21H2,1H3/t25-/m1/s1. The quantitative estimate of drug-likeness (QED) is 0.365.